The second kappa shape index (κ2) is 7.10. The van der Waals surface area contributed by atoms with E-state index in [4.69, 9.17) is 28.1 Å². The predicted octanol–water partition coefficient (Wildman–Crippen LogP) is 1.03. The van der Waals surface area contributed by atoms with Crippen LogP contribution in [0.2, 0.25) is 0 Å². The zero-order chi connectivity index (χ0) is 17.0. The Balaban J connectivity index is 2.63. The third kappa shape index (κ3) is 3.78. The molecule has 23 heavy (non-hydrogen) atoms. The molecular formula is C15H19N5O2S. The standard InChI is InChI=1S/C15H19N5O2S/c1-3-20(4-2)10-6-5-9-7-11(13(16)21)14(18-19-15(17)23)22-12(9)8-10/h5-8H,3-4H2,1-2H3,(H2,16,21)(H3,17,19,23)/b18-14+. The Labute approximate surface area is 138 Å². The molecular weight excluding hydrogens is 314 g/mol. The number of nitrogens with one attached hydrogen (secondary N) is 1. The third-order valence-corrected chi connectivity index (χ3v) is 3.49. The number of fused-ring (bicyclic) bond motifs is 1. The zero-order valence-corrected chi connectivity index (χ0v) is 13.8. The quantitative estimate of drug-likeness (QED) is 0.557. The first-order valence-corrected chi connectivity index (χ1v) is 7.58. The molecule has 1 aromatic carbocycles. The molecule has 2 rings (SSSR count). The van der Waals surface area contributed by atoms with Gasteiger partial charge in [0.15, 0.2) is 5.11 Å². The van der Waals surface area contributed by atoms with Crippen molar-refractivity contribution in [1.29, 1.82) is 0 Å². The summed E-state index contributed by atoms with van der Waals surface area (Å²) in [5, 5.41) is 4.61. The summed E-state index contributed by atoms with van der Waals surface area (Å²) in [6, 6.07) is 7.38. The number of anilines is 1. The van der Waals surface area contributed by atoms with Crippen LogP contribution in [0.4, 0.5) is 5.69 Å². The average molecular weight is 333 g/mol. The molecule has 0 saturated heterocycles. The molecule has 8 heteroatoms. The van der Waals surface area contributed by atoms with Crippen molar-refractivity contribution in [3.8, 4) is 0 Å². The Morgan fingerprint density at radius 2 is 2.00 bits per heavy atom. The number of benzene rings is 1. The van der Waals surface area contributed by atoms with E-state index in [9.17, 15) is 4.79 Å². The van der Waals surface area contributed by atoms with Gasteiger partial charge in [0.05, 0.1) is 0 Å². The van der Waals surface area contributed by atoms with Crippen molar-refractivity contribution in [2.75, 3.05) is 18.0 Å². The molecule has 0 spiro atoms. The first kappa shape index (κ1) is 16.8. The Hall–Kier alpha value is -2.61. The monoisotopic (exact) mass is 333 g/mol. The van der Waals surface area contributed by atoms with E-state index in [-0.39, 0.29) is 16.2 Å². The minimum absolute atomic E-state index is 0.0346. The minimum atomic E-state index is -0.646. The Kier molecular flexibility index (Phi) is 5.17. The van der Waals surface area contributed by atoms with E-state index in [1.165, 1.54) is 0 Å². The predicted molar refractivity (Wildman–Crippen MR) is 93.8 cm³/mol. The van der Waals surface area contributed by atoms with E-state index in [1.807, 2.05) is 18.2 Å². The highest BCUT2D eigenvalue weighted by atomic mass is 32.1. The van der Waals surface area contributed by atoms with Crippen molar-refractivity contribution in [2.24, 2.45) is 16.6 Å². The van der Waals surface area contributed by atoms with Crippen LogP contribution in [0.25, 0.3) is 11.0 Å². The van der Waals surface area contributed by atoms with Gasteiger partial charge in [0.1, 0.15) is 11.1 Å². The van der Waals surface area contributed by atoms with E-state index >= 15 is 0 Å². The van der Waals surface area contributed by atoms with Crippen LogP contribution in [0.15, 0.2) is 33.8 Å². The first-order chi connectivity index (χ1) is 11.0. The van der Waals surface area contributed by atoms with Gasteiger partial charge in [0.25, 0.3) is 5.91 Å². The lowest BCUT2D eigenvalue weighted by Crippen LogP contribution is -2.29. The van der Waals surface area contributed by atoms with Gasteiger partial charge in [-0.2, -0.15) is 0 Å². The second-order valence-electron chi connectivity index (χ2n) is 4.81. The van der Waals surface area contributed by atoms with Crippen LogP contribution in [0.5, 0.6) is 0 Å². The molecule has 0 radical (unpaired) electrons. The lowest BCUT2D eigenvalue weighted by Gasteiger charge is -2.21. The molecule has 0 bridgehead atoms. The van der Waals surface area contributed by atoms with Crippen molar-refractivity contribution in [3.63, 3.8) is 0 Å². The highest BCUT2D eigenvalue weighted by Crippen LogP contribution is 2.21. The van der Waals surface area contributed by atoms with Crippen LogP contribution < -0.4 is 27.3 Å². The number of primary amides is 1. The number of carbonyl (C=O) groups excluding carboxylic acids is 1. The molecule has 5 N–H and O–H groups in total. The van der Waals surface area contributed by atoms with Crippen LogP contribution in [-0.4, -0.2) is 24.1 Å². The fourth-order valence-electron chi connectivity index (χ4n) is 2.26. The van der Waals surface area contributed by atoms with Crippen LogP contribution in [0.3, 0.4) is 0 Å². The Morgan fingerprint density at radius 3 is 2.57 bits per heavy atom. The molecule has 0 fully saturated rings. The summed E-state index contributed by atoms with van der Waals surface area (Å²) in [5.74, 6) is -0.646. The number of nitrogens with two attached hydrogens (primary N) is 2. The highest BCUT2D eigenvalue weighted by Gasteiger charge is 2.11. The number of thiocarbonyl (C=S) groups is 1. The Morgan fingerprint density at radius 1 is 1.30 bits per heavy atom. The van der Waals surface area contributed by atoms with Crippen LogP contribution in [0.1, 0.15) is 24.2 Å². The lowest BCUT2D eigenvalue weighted by molar-refractivity contribution is 0.0996. The molecule has 2 aromatic rings. The van der Waals surface area contributed by atoms with E-state index in [1.54, 1.807) is 6.07 Å². The number of hydrogen-bond donors (Lipinski definition) is 3. The van der Waals surface area contributed by atoms with E-state index in [0.717, 1.165) is 24.2 Å². The molecule has 0 atom stereocenters. The van der Waals surface area contributed by atoms with Gasteiger partial charge >= 0.3 is 0 Å². The maximum atomic E-state index is 11.6. The third-order valence-electron chi connectivity index (χ3n) is 3.40. The summed E-state index contributed by atoms with van der Waals surface area (Å²) in [4.78, 5) is 13.8. The second-order valence-corrected chi connectivity index (χ2v) is 5.25. The fourth-order valence-corrected chi connectivity index (χ4v) is 2.30. The maximum Gasteiger partial charge on any atom is 0.254 e. The number of carbonyl (C=O) groups is 1. The number of nitrogens with zero attached hydrogens (tertiary/aromatic N) is 2. The normalized spacial score (nSPS) is 11.5. The minimum Gasteiger partial charge on any atom is -0.436 e. The molecule has 0 aliphatic heterocycles. The van der Waals surface area contributed by atoms with Crippen molar-refractivity contribution >= 4 is 39.9 Å². The summed E-state index contributed by atoms with van der Waals surface area (Å²) in [6.45, 7) is 5.91. The van der Waals surface area contributed by atoms with Crippen molar-refractivity contribution in [3.05, 3.63) is 35.4 Å². The van der Waals surface area contributed by atoms with Gasteiger partial charge in [0, 0.05) is 30.2 Å². The van der Waals surface area contributed by atoms with Gasteiger partial charge in [-0.25, -0.2) is 0 Å². The molecule has 0 aliphatic rings. The molecule has 122 valence electrons. The molecule has 1 aromatic heterocycles. The molecule has 0 aliphatic carbocycles. The summed E-state index contributed by atoms with van der Waals surface area (Å²) < 4.78 is 5.71. The molecule has 1 amide bonds. The van der Waals surface area contributed by atoms with Crippen LogP contribution in [0, 0.1) is 0 Å². The van der Waals surface area contributed by atoms with Gasteiger partial charge in [0.2, 0.25) is 5.55 Å². The van der Waals surface area contributed by atoms with Gasteiger partial charge in [-0.1, -0.05) is 0 Å². The SMILES string of the molecule is CCN(CC)c1ccc2cc(C(N)=O)/c(=N\NC(N)=S)oc2c1. The molecule has 0 unspecified atom stereocenters. The summed E-state index contributed by atoms with van der Waals surface area (Å²) in [5.41, 5.74) is 14.9. The van der Waals surface area contributed by atoms with Crippen LogP contribution in [-0.2, 0) is 0 Å². The van der Waals surface area contributed by atoms with E-state index in [0.29, 0.717) is 5.58 Å². The van der Waals surface area contributed by atoms with Crippen molar-refractivity contribution < 1.29 is 9.21 Å². The summed E-state index contributed by atoms with van der Waals surface area (Å²) in [7, 11) is 0. The van der Waals surface area contributed by atoms with Gasteiger partial charge in [-0.3, -0.25) is 10.2 Å². The molecule has 1 heterocycles. The fraction of sp³-hybridized carbons (Fsp3) is 0.267. The summed E-state index contributed by atoms with van der Waals surface area (Å²) >= 11 is 4.69. The lowest BCUT2D eigenvalue weighted by atomic mass is 10.1. The van der Waals surface area contributed by atoms with Gasteiger partial charge in [-0.05, 0) is 44.3 Å². The molecule has 7 nitrogen and oxygen atoms in total. The number of rotatable bonds is 5. The molecule has 0 saturated carbocycles. The number of amides is 1. The van der Waals surface area contributed by atoms with Gasteiger partial charge < -0.3 is 20.8 Å². The zero-order valence-electron chi connectivity index (χ0n) is 13.0. The van der Waals surface area contributed by atoms with Crippen molar-refractivity contribution in [2.45, 2.75) is 13.8 Å². The van der Waals surface area contributed by atoms with Crippen LogP contribution >= 0.6 is 12.2 Å². The maximum absolute atomic E-state index is 11.6. The van der Waals surface area contributed by atoms with E-state index in [2.05, 4.69) is 29.3 Å². The number of hydrogen-bond acceptors (Lipinski definition) is 5. The highest BCUT2D eigenvalue weighted by molar-refractivity contribution is 7.80. The van der Waals surface area contributed by atoms with E-state index < -0.39 is 5.91 Å². The average Bonchev–Trinajstić information content (AvgIpc) is 2.52. The smallest absolute Gasteiger partial charge is 0.254 e. The topological polar surface area (TPSA) is 110 Å². The van der Waals surface area contributed by atoms with Crippen molar-refractivity contribution in [1.82, 2.24) is 5.43 Å². The Bertz CT molecular complexity index is 811. The largest absolute Gasteiger partial charge is 0.436 e. The van der Waals surface area contributed by atoms with Gasteiger partial charge in [-0.15, -0.1) is 5.10 Å². The summed E-state index contributed by atoms with van der Waals surface area (Å²) in [6.07, 6.45) is 0. The first-order valence-electron chi connectivity index (χ1n) is 7.18.